The Morgan fingerprint density at radius 2 is 1.97 bits per heavy atom. The van der Waals surface area contributed by atoms with Crippen LogP contribution in [0, 0.1) is 12.7 Å². The first-order valence-corrected chi connectivity index (χ1v) is 10.0. The number of hydrogen-bond acceptors (Lipinski definition) is 4. The molecule has 0 radical (unpaired) electrons. The third kappa shape index (κ3) is 4.53. The number of nitrogens with zero attached hydrogens (tertiary/aromatic N) is 2. The number of piperidine rings is 1. The van der Waals surface area contributed by atoms with E-state index in [1.54, 1.807) is 0 Å². The molecule has 1 atom stereocenters. The molecular weight excluding hydrogens is 383 g/mol. The highest BCUT2D eigenvalue weighted by atomic mass is 19.1. The minimum absolute atomic E-state index is 0.286. The number of ether oxygens (including phenoxy) is 1. The van der Waals surface area contributed by atoms with E-state index < -0.39 is 11.8 Å². The van der Waals surface area contributed by atoms with Gasteiger partial charge in [0.1, 0.15) is 5.82 Å². The summed E-state index contributed by atoms with van der Waals surface area (Å²) >= 11 is 0. The quantitative estimate of drug-likeness (QED) is 0.538. The maximum absolute atomic E-state index is 14.0. The number of rotatable bonds is 5. The van der Waals surface area contributed by atoms with Crippen LogP contribution in [0.3, 0.4) is 0 Å². The summed E-state index contributed by atoms with van der Waals surface area (Å²) in [4.78, 5) is 17.9. The topological polar surface area (TPSA) is 62.1 Å². The number of aryl methyl sites for hydroxylation is 1. The lowest BCUT2D eigenvalue weighted by molar-refractivity contribution is 0.0692. The van der Waals surface area contributed by atoms with Gasteiger partial charge in [-0.25, -0.2) is 14.2 Å². The molecular formula is C24H27FN2O3. The van der Waals surface area contributed by atoms with E-state index in [-0.39, 0.29) is 11.3 Å². The third-order valence-corrected chi connectivity index (χ3v) is 5.52. The van der Waals surface area contributed by atoms with Crippen molar-refractivity contribution in [2.45, 2.75) is 39.2 Å². The molecule has 2 aromatic carbocycles. The summed E-state index contributed by atoms with van der Waals surface area (Å²) in [5.74, 6) is -1.78. The van der Waals surface area contributed by atoms with E-state index >= 15 is 0 Å². The largest absolute Gasteiger partial charge is 0.481 e. The summed E-state index contributed by atoms with van der Waals surface area (Å²) in [6, 6.07) is 10.4. The Morgan fingerprint density at radius 3 is 2.57 bits per heavy atom. The van der Waals surface area contributed by atoms with E-state index in [1.165, 1.54) is 44.2 Å². The number of carbonyl (C=O) groups is 1. The maximum atomic E-state index is 14.0. The van der Waals surface area contributed by atoms with Gasteiger partial charge in [0.15, 0.2) is 0 Å². The highest BCUT2D eigenvalue weighted by Gasteiger charge is 2.20. The molecule has 1 unspecified atom stereocenters. The summed E-state index contributed by atoms with van der Waals surface area (Å²) in [5.41, 5.74) is 3.43. The number of hydrogen-bond donors (Lipinski definition) is 1. The molecule has 6 heteroatoms. The van der Waals surface area contributed by atoms with Crippen LogP contribution in [0.25, 0.3) is 5.70 Å². The summed E-state index contributed by atoms with van der Waals surface area (Å²) in [7, 11) is 1.52. The van der Waals surface area contributed by atoms with Crippen LogP contribution in [-0.4, -0.2) is 36.7 Å². The van der Waals surface area contributed by atoms with Crippen LogP contribution >= 0.6 is 0 Å². The van der Waals surface area contributed by atoms with Gasteiger partial charge >= 0.3 is 5.97 Å². The monoisotopic (exact) mass is 410 g/mol. The first-order chi connectivity index (χ1) is 14.3. The fourth-order valence-corrected chi connectivity index (χ4v) is 3.85. The maximum Gasteiger partial charge on any atom is 0.338 e. The SMILES string of the molecule is C=C(N=C(OC)c1ccc(N2CCCCC2C)c(C)c1)c1ccc(C(=O)O)c(F)c1. The Kier molecular flexibility index (Phi) is 6.55. The van der Waals surface area contributed by atoms with Gasteiger partial charge in [0.25, 0.3) is 0 Å². The molecule has 5 nitrogen and oxygen atoms in total. The fourth-order valence-electron chi connectivity index (χ4n) is 3.85. The first kappa shape index (κ1) is 21.6. The molecule has 3 rings (SSSR count). The molecule has 1 saturated heterocycles. The van der Waals surface area contributed by atoms with E-state index in [0.717, 1.165) is 23.7 Å². The molecule has 1 aliphatic heterocycles. The van der Waals surface area contributed by atoms with Gasteiger partial charge in [0.2, 0.25) is 5.90 Å². The molecule has 1 N–H and O–H groups in total. The van der Waals surface area contributed by atoms with Crippen molar-refractivity contribution < 1.29 is 19.0 Å². The van der Waals surface area contributed by atoms with Gasteiger partial charge in [-0.1, -0.05) is 12.6 Å². The molecule has 1 heterocycles. The predicted octanol–water partition coefficient (Wildman–Crippen LogP) is 5.28. The average molecular weight is 410 g/mol. The van der Waals surface area contributed by atoms with Crippen LogP contribution in [0.5, 0.6) is 0 Å². The minimum atomic E-state index is -1.32. The van der Waals surface area contributed by atoms with Crippen LogP contribution in [0.2, 0.25) is 0 Å². The lowest BCUT2D eigenvalue weighted by atomic mass is 10.0. The van der Waals surface area contributed by atoms with Crippen LogP contribution in [0.15, 0.2) is 48.0 Å². The Hall–Kier alpha value is -3.15. The van der Waals surface area contributed by atoms with Crippen molar-refractivity contribution >= 4 is 23.3 Å². The number of carboxylic acids is 1. The number of methoxy groups -OCH3 is 1. The van der Waals surface area contributed by atoms with Gasteiger partial charge in [-0.2, -0.15) is 0 Å². The molecule has 158 valence electrons. The molecule has 1 aliphatic rings. The predicted molar refractivity (Wildman–Crippen MR) is 118 cm³/mol. The third-order valence-electron chi connectivity index (χ3n) is 5.52. The van der Waals surface area contributed by atoms with Gasteiger partial charge < -0.3 is 14.7 Å². The molecule has 0 spiro atoms. The van der Waals surface area contributed by atoms with Gasteiger partial charge in [-0.05, 0) is 69.0 Å². The zero-order chi connectivity index (χ0) is 21.8. The second kappa shape index (κ2) is 9.11. The first-order valence-electron chi connectivity index (χ1n) is 10.0. The van der Waals surface area contributed by atoms with Crippen molar-refractivity contribution in [3.8, 4) is 0 Å². The molecule has 0 amide bonds. The van der Waals surface area contributed by atoms with E-state index in [1.807, 2.05) is 12.1 Å². The zero-order valence-corrected chi connectivity index (χ0v) is 17.6. The number of anilines is 1. The highest BCUT2D eigenvalue weighted by molar-refractivity contribution is 5.98. The van der Waals surface area contributed by atoms with Crippen LogP contribution in [0.1, 0.15) is 53.2 Å². The lowest BCUT2D eigenvalue weighted by Gasteiger charge is -2.36. The summed E-state index contributed by atoms with van der Waals surface area (Å²) in [6.45, 7) is 9.27. The van der Waals surface area contributed by atoms with Crippen LogP contribution in [-0.2, 0) is 4.74 Å². The van der Waals surface area contributed by atoms with Crippen molar-refractivity contribution in [3.63, 3.8) is 0 Å². The molecule has 1 fully saturated rings. The number of carboxylic acid groups (broad SMARTS) is 1. The number of aliphatic imine (C=N–C) groups is 1. The second-order valence-electron chi connectivity index (χ2n) is 7.61. The van der Waals surface area contributed by atoms with Gasteiger partial charge in [0.05, 0.1) is 18.4 Å². The van der Waals surface area contributed by atoms with Gasteiger partial charge in [0, 0.05) is 29.4 Å². The Labute approximate surface area is 176 Å². The molecule has 0 aromatic heterocycles. The number of halogens is 1. The summed E-state index contributed by atoms with van der Waals surface area (Å²) in [6.07, 6.45) is 3.67. The van der Waals surface area contributed by atoms with E-state index in [4.69, 9.17) is 9.84 Å². The van der Waals surface area contributed by atoms with E-state index in [9.17, 15) is 9.18 Å². The Balaban J connectivity index is 1.87. The highest BCUT2D eigenvalue weighted by Crippen LogP contribution is 2.29. The van der Waals surface area contributed by atoms with Crippen molar-refractivity contribution in [3.05, 3.63) is 71.0 Å². The molecule has 0 saturated carbocycles. The van der Waals surface area contributed by atoms with Crippen LogP contribution in [0.4, 0.5) is 10.1 Å². The van der Waals surface area contributed by atoms with Crippen LogP contribution < -0.4 is 4.90 Å². The standard InChI is InChI=1S/C24H27FN2O3/c1-15-13-19(9-11-22(15)27-12-6-5-7-16(27)2)23(30-4)26-17(3)18-8-10-20(24(28)29)21(25)14-18/h8-11,13-14,16H,3,5-7,12H2,1-2,4H3,(H,28,29). The van der Waals surface area contributed by atoms with E-state index in [2.05, 4.69) is 36.4 Å². The average Bonchev–Trinajstić information content (AvgIpc) is 2.72. The van der Waals surface area contributed by atoms with Crippen molar-refractivity contribution in [1.82, 2.24) is 0 Å². The van der Waals surface area contributed by atoms with Gasteiger partial charge in [-0.15, -0.1) is 0 Å². The molecule has 2 aromatic rings. The normalized spacial score (nSPS) is 17.0. The minimum Gasteiger partial charge on any atom is -0.481 e. The van der Waals surface area contributed by atoms with Crippen molar-refractivity contribution in [1.29, 1.82) is 0 Å². The lowest BCUT2D eigenvalue weighted by Crippen LogP contribution is -2.37. The Bertz CT molecular complexity index is 1000. The second-order valence-corrected chi connectivity index (χ2v) is 7.61. The van der Waals surface area contributed by atoms with Gasteiger partial charge in [-0.3, -0.25) is 0 Å². The van der Waals surface area contributed by atoms with Crippen molar-refractivity contribution in [2.24, 2.45) is 4.99 Å². The molecule has 0 bridgehead atoms. The number of benzene rings is 2. The number of aromatic carboxylic acids is 1. The zero-order valence-electron chi connectivity index (χ0n) is 17.6. The summed E-state index contributed by atoms with van der Waals surface area (Å²) < 4.78 is 19.5. The van der Waals surface area contributed by atoms with Crippen molar-refractivity contribution in [2.75, 3.05) is 18.6 Å². The van der Waals surface area contributed by atoms with E-state index in [0.29, 0.717) is 17.5 Å². The molecule has 30 heavy (non-hydrogen) atoms. The summed E-state index contributed by atoms with van der Waals surface area (Å²) in [5, 5.41) is 8.97. The smallest absolute Gasteiger partial charge is 0.338 e. The Morgan fingerprint density at radius 1 is 1.23 bits per heavy atom. The molecule has 0 aliphatic carbocycles. The fraction of sp³-hybridized carbons (Fsp3) is 0.333.